The Kier molecular flexibility index (Phi) is 9.31. The fourth-order valence-corrected chi connectivity index (χ4v) is 9.94. The van der Waals surface area contributed by atoms with E-state index >= 15 is 0 Å². The maximum Gasteiger partial charge on any atom is 0.141 e. The molecule has 0 radical (unpaired) electrons. The number of imidazole rings is 2. The van der Waals surface area contributed by atoms with Gasteiger partial charge in [0.1, 0.15) is 11.6 Å². The first-order valence-electron chi connectivity index (χ1n) is 22.4. The Balaban J connectivity index is 0.989. The predicted molar refractivity (Wildman–Crippen MR) is 273 cm³/mol. The molecule has 308 valence electrons. The molecule has 12 rings (SSSR count). The lowest BCUT2D eigenvalue weighted by molar-refractivity contribution is 0.796. The van der Waals surface area contributed by atoms with Crippen molar-refractivity contribution in [3.8, 4) is 78.4 Å². The summed E-state index contributed by atoms with van der Waals surface area (Å²) in [5.41, 5.74) is 18.4. The molecule has 4 nitrogen and oxygen atoms in total. The smallest absolute Gasteiger partial charge is 0.141 e. The van der Waals surface area contributed by atoms with Crippen LogP contribution in [-0.2, 0) is 13.6 Å². The summed E-state index contributed by atoms with van der Waals surface area (Å²) in [4.78, 5) is 10.3. The number of fused-ring (bicyclic) bond motifs is 4. The van der Waals surface area contributed by atoms with Crippen LogP contribution in [0.25, 0.3) is 122 Å². The Bertz CT molecular complexity index is 3720. The first-order valence-corrected chi connectivity index (χ1v) is 22.4. The number of benzene rings is 10. The number of rotatable bonds is 8. The fraction of sp³-hybridized carbons (Fsp3) is 0.0492. The van der Waals surface area contributed by atoms with Crippen molar-refractivity contribution in [1.29, 1.82) is 0 Å². The number of nitrogens with zero attached hydrogens (tertiary/aromatic N) is 4. The second-order valence-corrected chi connectivity index (χ2v) is 16.9. The molecule has 12 aromatic rings. The van der Waals surface area contributed by atoms with E-state index in [-0.39, 0.29) is 0 Å². The molecule has 0 fully saturated rings. The summed E-state index contributed by atoms with van der Waals surface area (Å²) in [6.45, 7) is 3.04. The van der Waals surface area contributed by atoms with Gasteiger partial charge in [0.05, 0.1) is 22.1 Å². The van der Waals surface area contributed by atoms with Crippen molar-refractivity contribution in [1.82, 2.24) is 19.1 Å². The Labute approximate surface area is 378 Å². The molecule has 0 N–H and O–H groups in total. The van der Waals surface area contributed by atoms with Crippen LogP contribution in [0.3, 0.4) is 0 Å². The number of hydrogen-bond acceptors (Lipinski definition) is 2. The van der Waals surface area contributed by atoms with Crippen LogP contribution < -0.4 is 0 Å². The van der Waals surface area contributed by atoms with Crippen molar-refractivity contribution < 1.29 is 0 Å². The Morgan fingerprint density at radius 1 is 0.323 bits per heavy atom. The summed E-state index contributed by atoms with van der Waals surface area (Å²) in [6, 6.07) is 79.1. The van der Waals surface area contributed by atoms with Crippen molar-refractivity contribution in [3.05, 3.63) is 218 Å². The van der Waals surface area contributed by atoms with E-state index in [0.29, 0.717) is 0 Å². The molecule has 0 aliphatic heterocycles. The first kappa shape index (κ1) is 38.3. The van der Waals surface area contributed by atoms with Gasteiger partial charge < -0.3 is 9.13 Å². The zero-order valence-corrected chi connectivity index (χ0v) is 36.3. The average molecular weight is 833 g/mol. The highest BCUT2D eigenvalue weighted by molar-refractivity contribution is 6.22. The van der Waals surface area contributed by atoms with Crippen LogP contribution in [0.2, 0.25) is 0 Å². The summed E-state index contributed by atoms with van der Waals surface area (Å²) >= 11 is 0. The molecule has 0 saturated heterocycles. The third-order valence-corrected chi connectivity index (χ3v) is 13.1. The van der Waals surface area contributed by atoms with Crippen LogP contribution in [-0.4, -0.2) is 19.1 Å². The SMILES string of the molecule is CCn1c(-c2ccccc2)nc2cc(-c3ccc4c(-c5ccccc5)c5cc(-c6ccc(-c7ccc8c(c7)nc(-c7ccccc7)n8C)cc6)ccc5c(-c5ccccc5)c4c3)ccc21. The van der Waals surface area contributed by atoms with Crippen molar-refractivity contribution in [3.63, 3.8) is 0 Å². The molecule has 0 aliphatic carbocycles. The summed E-state index contributed by atoms with van der Waals surface area (Å²) in [6.07, 6.45) is 0. The fourth-order valence-electron chi connectivity index (χ4n) is 9.94. The lowest BCUT2D eigenvalue weighted by atomic mass is 9.84. The van der Waals surface area contributed by atoms with E-state index in [1.54, 1.807) is 0 Å². The van der Waals surface area contributed by atoms with Gasteiger partial charge in [-0.3, -0.25) is 0 Å². The van der Waals surface area contributed by atoms with Gasteiger partial charge in [0.15, 0.2) is 0 Å². The molecular formula is C61H44N4. The van der Waals surface area contributed by atoms with E-state index in [1.807, 2.05) is 6.07 Å². The molecule has 10 aromatic carbocycles. The molecule has 2 aromatic heterocycles. The molecular weight excluding hydrogens is 789 g/mol. The van der Waals surface area contributed by atoms with Crippen LogP contribution >= 0.6 is 0 Å². The van der Waals surface area contributed by atoms with Crippen LogP contribution in [0.1, 0.15) is 6.92 Å². The summed E-state index contributed by atoms with van der Waals surface area (Å²) < 4.78 is 4.49. The first-order chi connectivity index (χ1) is 32.1. The van der Waals surface area contributed by atoms with E-state index in [1.165, 1.54) is 54.9 Å². The minimum Gasteiger partial charge on any atom is -0.327 e. The van der Waals surface area contributed by atoms with E-state index in [9.17, 15) is 0 Å². The molecule has 65 heavy (non-hydrogen) atoms. The van der Waals surface area contributed by atoms with Crippen LogP contribution in [0.4, 0.5) is 0 Å². The molecule has 0 unspecified atom stereocenters. The Morgan fingerprint density at radius 3 is 1.20 bits per heavy atom. The van der Waals surface area contributed by atoms with Crippen LogP contribution in [0.5, 0.6) is 0 Å². The maximum absolute atomic E-state index is 5.20. The van der Waals surface area contributed by atoms with Crippen LogP contribution in [0, 0.1) is 0 Å². The van der Waals surface area contributed by atoms with E-state index in [0.717, 1.165) is 73.6 Å². The van der Waals surface area contributed by atoms with Crippen molar-refractivity contribution >= 4 is 43.6 Å². The second-order valence-electron chi connectivity index (χ2n) is 16.9. The highest BCUT2D eigenvalue weighted by Gasteiger charge is 2.20. The maximum atomic E-state index is 5.20. The molecule has 0 bridgehead atoms. The lowest BCUT2D eigenvalue weighted by Gasteiger charge is -2.19. The number of aromatic nitrogens is 4. The van der Waals surface area contributed by atoms with Gasteiger partial charge in [0.25, 0.3) is 0 Å². The van der Waals surface area contributed by atoms with Gasteiger partial charge in [-0.2, -0.15) is 0 Å². The zero-order valence-electron chi connectivity index (χ0n) is 36.3. The summed E-state index contributed by atoms with van der Waals surface area (Å²) in [7, 11) is 2.09. The molecule has 0 aliphatic rings. The van der Waals surface area contributed by atoms with Gasteiger partial charge in [0, 0.05) is 24.7 Å². The predicted octanol–water partition coefficient (Wildman–Crippen LogP) is 15.9. The standard InChI is InChI=1S/C61H44N4/c1-3-65-57-35-31-49(39-55(57)63-61(65)45-22-14-7-15-23-45)47-29-33-51-53(37-47)59(43-18-10-5-11-19-43)50-32-28-46(36-52(50)58(51)42-16-8-4-9-17-42)40-24-26-41(27-25-40)48-30-34-56-54(38-48)62-60(64(56)2)44-20-12-6-13-21-44/h4-39H,3H2,1-2H3. The molecule has 0 saturated carbocycles. The van der Waals surface area contributed by atoms with Gasteiger partial charge in [-0.25, -0.2) is 9.97 Å². The van der Waals surface area contributed by atoms with Gasteiger partial charge in [-0.1, -0.05) is 182 Å². The Morgan fingerprint density at radius 2 is 0.692 bits per heavy atom. The molecule has 2 heterocycles. The summed E-state index contributed by atoms with van der Waals surface area (Å²) in [5.74, 6) is 1.97. The lowest BCUT2D eigenvalue weighted by Crippen LogP contribution is -1.97. The average Bonchev–Trinajstić information content (AvgIpc) is 3.92. The summed E-state index contributed by atoms with van der Waals surface area (Å²) in [5, 5.41) is 4.90. The number of hydrogen-bond donors (Lipinski definition) is 0. The minimum absolute atomic E-state index is 0.846. The van der Waals surface area contributed by atoms with E-state index in [2.05, 4.69) is 235 Å². The van der Waals surface area contributed by atoms with Gasteiger partial charge in [0.2, 0.25) is 0 Å². The van der Waals surface area contributed by atoms with Crippen molar-refractivity contribution in [2.75, 3.05) is 0 Å². The van der Waals surface area contributed by atoms with Gasteiger partial charge >= 0.3 is 0 Å². The highest BCUT2D eigenvalue weighted by atomic mass is 15.1. The number of aryl methyl sites for hydroxylation is 2. The second kappa shape index (κ2) is 15.8. The van der Waals surface area contributed by atoms with E-state index < -0.39 is 0 Å². The Hall–Kier alpha value is -8.34. The monoisotopic (exact) mass is 832 g/mol. The third kappa shape index (κ3) is 6.61. The van der Waals surface area contributed by atoms with E-state index in [4.69, 9.17) is 9.97 Å². The van der Waals surface area contributed by atoms with Crippen LogP contribution in [0.15, 0.2) is 218 Å². The molecule has 0 atom stereocenters. The van der Waals surface area contributed by atoms with Crippen molar-refractivity contribution in [2.45, 2.75) is 13.5 Å². The highest BCUT2D eigenvalue weighted by Crippen LogP contribution is 2.46. The van der Waals surface area contributed by atoms with Gasteiger partial charge in [-0.15, -0.1) is 0 Å². The minimum atomic E-state index is 0.846. The molecule has 0 spiro atoms. The molecule has 0 amide bonds. The normalized spacial score (nSPS) is 11.6. The quantitative estimate of drug-likeness (QED) is 0.143. The topological polar surface area (TPSA) is 35.6 Å². The largest absolute Gasteiger partial charge is 0.327 e. The van der Waals surface area contributed by atoms with Gasteiger partial charge in [-0.05, 0) is 121 Å². The third-order valence-electron chi connectivity index (χ3n) is 13.1. The molecule has 4 heteroatoms. The van der Waals surface area contributed by atoms with Crippen molar-refractivity contribution in [2.24, 2.45) is 7.05 Å². The zero-order chi connectivity index (χ0) is 43.4.